The molecule has 0 unspecified atom stereocenters. The number of aliphatic hydroxyl groups is 1. The van der Waals surface area contributed by atoms with Crippen LogP contribution in [-0.2, 0) is 42.2 Å². The number of aromatic nitrogens is 1. The molecular formula is C44H60IrNO2S-. The number of rotatable bonds is 9. The topological polar surface area (TPSA) is 50.2 Å². The number of ketones is 1. The second-order valence-corrected chi connectivity index (χ2v) is 17.5. The van der Waals surface area contributed by atoms with Gasteiger partial charge in [-0.1, -0.05) is 76.2 Å². The number of thiophene rings is 1. The van der Waals surface area contributed by atoms with Crippen LogP contribution in [0.5, 0.6) is 0 Å². The quantitative estimate of drug-likeness (QED) is 0.104. The molecule has 0 spiro atoms. The molecule has 0 saturated carbocycles. The van der Waals surface area contributed by atoms with E-state index in [2.05, 4.69) is 79.7 Å². The number of pyridine rings is 1. The van der Waals surface area contributed by atoms with Crippen LogP contribution in [0, 0.1) is 30.2 Å². The first-order valence-electron chi connectivity index (χ1n) is 18.3. The molecule has 1 radical (unpaired) electrons. The van der Waals surface area contributed by atoms with Crippen molar-refractivity contribution in [2.75, 3.05) is 0 Å². The SMILES string of the molecule is CCC(CC)C(=O)/C=C(\O)C(CC)CC.Cc1c(CC(C)(C)C)c2c(c3sc4c(-c5[c-]cccc5)nccc4c13)C(C)(C)CCC2(C)C.[Ir]. The molecule has 1 N–H and O–H groups in total. The molecule has 5 rings (SSSR count). The van der Waals surface area contributed by atoms with E-state index in [4.69, 9.17) is 4.98 Å². The summed E-state index contributed by atoms with van der Waals surface area (Å²) in [5, 5.41) is 12.6. The number of nitrogens with zero attached hydrogens (tertiary/aromatic N) is 1. The fourth-order valence-electron chi connectivity index (χ4n) is 7.71. The molecule has 0 amide bonds. The van der Waals surface area contributed by atoms with Gasteiger partial charge in [-0.15, -0.1) is 47.2 Å². The van der Waals surface area contributed by atoms with E-state index in [1.807, 2.05) is 57.4 Å². The van der Waals surface area contributed by atoms with Gasteiger partial charge in [0, 0.05) is 64.7 Å². The van der Waals surface area contributed by atoms with Crippen LogP contribution in [0.1, 0.15) is 137 Å². The molecule has 5 heteroatoms. The summed E-state index contributed by atoms with van der Waals surface area (Å²) in [5.74, 6) is 0.547. The molecule has 2 heterocycles. The summed E-state index contributed by atoms with van der Waals surface area (Å²) in [6.45, 7) is 27.4. The minimum atomic E-state index is 0. The van der Waals surface area contributed by atoms with E-state index in [1.165, 1.54) is 44.7 Å². The number of aliphatic hydroxyl groups excluding tert-OH is 1. The van der Waals surface area contributed by atoms with E-state index in [0.29, 0.717) is 0 Å². The van der Waals surface area contributed by atoms with Gasteiger partial charge in [0.15, 0.2) is 5.78 Å². The number of hydrogen-bond donors (Lipinski definition) is 1. The van der Waals surface area contributed by atoms with Crippen LogP contribution in [0.2, 0.25) is 0 Å². The van der Waals surface area contributed by atoms with Crippen LogP contribution >= 0.6 is 11.3 Å². The average Bonchev–Trinajstić information content (AvgIpc) is 3.42. The van der Waals surface area contributed by atoms with Gasteiger partial charge in [0.2, 0.25) is 0 Å². The van der Waals surface area contributed by atoms with Crippen molar-refractivity contribution in [2.45, 2.75) is 139 Å². The number of benzene rings is 2. The molecule has 2 aromatic carbocycles. The van der Waals surface area contributed by atoms with Crippen molar-refractivity contribution in [3.8, 4) is 11.3 Å². The van der Waals surface area contributed by atoms with Crippen molar-refractivity contribution in [1.29, 1.82) is 0 Å². The maximum absolute atomic E-state index is 11.7. The predicted molar refractivity (Wildman–Crippen MR) is 208 cm³/mol. The Bertz CT molecular complexity index is 1770. The second-order valence-electron chi connectivity index (χ2n) is 16.5. The summed E-state index contributed by atoms with van der Waals surface area (Å²) in [7, 11) is 0. The summed E-state index contributed by atoms with van der Waals surface area (Å²) in [4.78, 5) is 16.6. The summed E-state index contributed by atoms with van der Waals surface area (Å²) >= 11 is 1.96. The Balaban J connectivity index is 0.000000347. The molecular weight excluding hydrogens is 799 g/mol. The summed E-state index contributed by atoms with van der Waals surface area (Å²) in [6, 6.07) is 13.9. The van der Waals surface area contributed by atoms with E-state index in [0.717, 1.165) is 43.4 Å². The Labute approximate surface area is 314 Å². The van der Waals surface area contributed by atoms with E-state index in [1.54, 1.807) is 16.7 Å². The Kier molecular flexibility index (Phi) is 13.7. The second kappa shape index (κ2) is 16.3. The molecule has 0 saturated heterocycles. The molecule has 1 aliphatic carbocycles. The third kappa shape index (κ3) is 8.77. The molecule has 1 aliphatic rings. The number of fused-ring (bicyclic) bond motifs is 5. The molecule has 2 aromatic heterocycles. The van der Waals surface area contributed by atoms with Gasteiger partial charge in [-0.2, -0.15) is 0 Å². The number of carbonyl (C=O) groups is 1. The fraction of sp³-hybridized carbons (Fsp3) is 0.545. The molecule has 0 aliphatic heterocycles. The zero-order chi connectivity index (χ0) is 35.6. The van der Waals surface area contributed by atoms with Crippen molar-refractivity contribution in [3.05, 3.63) is 76.7 Å². The molecule has 49 heavy (non-hydrogen) atoms. The standard InChI is InChI=1S/C31H36NS.C13H24O2.Ir/c1-19-22(18-29(2,3)4)24-25(31(7,8)16-15-30(24,5)6)28-23(19)21-14-17-32-26(27(21)33-28)20-12-10-9-11-13-20;1-5-10(6-2)12(14)9-13(15)11(7-3)8-4;/h9-12,14,17H,15-16,18H2,1-8H3;9-11,14H,5-8H2,1-4H3;/q-1;;/b;12-9-;. The molecule has 4 aromatic rings. The average molecular weight is 859 g/mol. The third-order valence-electron chi connectivity index (χ3n) is 10.7. The normalized spacial score (nSPS) is 15.6. The van der Waals surface area contributed by atoms with Gasteiger partial charge in [-0.05, 0) is 102 Å². The van der Waals surface area contributed by atoms with Crippen molar-refractivity contribution in [3.63, 3.8) is 0 Å². The predicted octanol–water partition coefficient (Wildman–Crippen LogP) is 13.0. The Morgan fingerprint density at radius 1 is 0.939 bits per heavy atom. The smallest absolute Gasteiger partial charge is 0.162 e. The van der Waals surface area contributed by atoms with Crippen LogP contribution in [0.4, 0.5) is 0 Å². The van der Waals surface area contributed by atoms with Crippen LogP contribution in [-0.4, -0.2) is 15.9 Å². The van der Waals surface area contributed by atoms with E-state index < -0.39 is 0 Å². The summed E-state index contributed by atoms with van der Waals surface area (Å²) in [6.07, 6.45) is 10.5. The first-order chi connectivity index (χ1) is 22.5. The summed E-state index contributed by atoms with van der Waals surface area (Å²) < 4.78 is 2.78. The first kappa shape index (κ1) is 41.1. The Morgan fingerprint density at radius 3 is 2.06 bits per heavy atom. The van der Waals surface area contributed by atoms with Crippen molar-refractivity contribution in [2.24, 2.45) is 17.3 Å². The number of aryl methyl sites for hydroxylation is 1. The zero-order valence-corrected chi connectivity index (χ0v) is 35.4. The maximum Gasteiger partial charge on any atom is 0.162 e. The number of carbonyl (C=O) groups excluding carboxylic acids is 1. The van der Waals surface area contributed by atoms with Crippen LogP contribution in [0.3, 0.4) is 0 Å². The largest absolute Gasteiger partial charge is 0.512 e. The van der Waals surface area contributed by atoms with Crippen molar-refractivity contribution < 1.29 is 30.0 Å². The molecule has 0 fully saturated rings. The third-order valence-corrected chi connectivity index (χ3v) is 11.9. The Morgan fingerprint density at radius 2 is 1.53 bits per heavy atom. The van der Waals surface area contributed by atoms with Gasteiger partial charge in [0.1, 0.15) is 0 Å². The fourth-order valence-corrected chi connectivity index (χ4v) is 9.29. The van der Waals surface area contributed by atoms with Crippen molar-refractivity contribution >= 4 is 37.3 Å². The van der Waals surface area contributed by atoms with E-state index in [-0.39, 0.29) is 59.7 Å². The van der Waals surface area contributed by atoms with Gasteiger partial charge in [0.25, 0.3) is 0 Å². The van der Waals surface area contributed by atoms with Crippen LogP contribution < -0.4 is 0 Å². The van der Waals surface area contributed by atoms with Crippen molar-refractivity contribution in [1.82, 2.24) is 4.98 Å². The van der Waals surface area contributed by atoms with Gasteiger partial charge >= 0.3 is 0 Å². The van der Waals surface area contributed by atoms with Crippen LogP contribution in [0.25, 0.3) is 31.4 Å². The van der Waals surface area contributed by atoms with E-state index in [9.17, 15) is 9.90 Å². The molecule has 0 bridgehead atoms. The van der Waals surface area contributed by atoms with Crippen LogP contribution in [0.15, 0.2) is 48.4 Å². The molecule has 269 valence electrons. The minimum Gasteiger partial charge on any atom is -0.512 e. The van der Waals surface area contributed by atoms with Gasteiger partial charge in [-0.25, -0.2) is 0 Å². The van der Waals surface area contributed by atoms with E-state index >= 15 is 0 Å². The molecule has 0 atom stereocenters. The Hall–Kier alpha value is -2.33. The summed E-state index contributed by atoms with van der Waals surface area (Å²) in [5.41, 5.74) is 9.03. The van der Waals surface area contributed by atoms with Gasteiger partial charge in [-0.3, -0.25) is 4.79 Å². The first-order valence-corrected chi connectivity index (χ1v) is 19.1. The monoisotopic (exact) mass is 859 g/mol. The number of hydrogen-bond acceptors (Lipinski definition) is 4. The van der Waals surface area contributed by atoms with Gasteiger partial charge < -0.3 is 10.1 Å². The van der Waals surface area contributed by atoms with Gasteiger partial charge in [0.05, 0.1) is 5.76 Å². The maximum atomic E-state index is 11.7. The number of allylic oxidation sites excluding steroid dienone is 2. The zero-order valence-electron chi connectivity index (χ0n) is 32.2. The minimum absolute atomic E-state index is 0. The molecule has 3 nitrogen and oxygen atoms in total.